The van der Waals surface area contributed by atoms with E-state index in [2.05, 4.69) is 4.98 Å². The average molecular weight is 262 g/mol. The summed E-state index contributed by atoms with van der Waals surface area (Å²) in [6, 6.07) is 2.99. The third kappa shape index (κ3) is 2.81. The summed E-state index contributed by atoms with van der Waals surface area (Å²) in [7, 11) is 1.82. The van der Waals surface area contributed by atoms with E-state index in [1.807, 2.05) is 7.05 Å². The van der Waals surface area contributed by atoms with Crippen LogP contribution in [0.1, 0.15) is 27.2 Å². The normalized spacial score (nSPS) is 10.5. The Morgan fingerprint density at radius 1 is 1.37 bits per heavy atom. The molecule has 0 bridgehead atoms. The van der Waals surface area contributed by atoms with Crippen LogP contribution in [-0.2, 0) is 18.4 Å². The molecule has 4 nitrogen and oxygen atoms in total. The maximum absolute atomic E-state index is 13.5. The summed E-state index contributed by atoms with van der Waals surface area (Å²) in [5, 5.41) is 0. The van der Waals surface area contributed by atoms with Crippen molar-refractivity contribution in [2.45, 2.75) is 20.5 Å². The molecule has 100 valence electrons. The molecule has 0 aliphatic heterocycles. The second-order valence-electron chi connectivity index (χ2n) is 4.50. The van der Waals surface area contributed by atoms with E-state index in [1.54, 1.807) is 30.9 Å². The standard InChI is InChI=1S/C14H15FN2O2/c1-9-4-11(5-10(2)13(9)15)14(18)19-7-12-6-16-8-17(12)3/h4-6,8H,7H2,1-3H3. The van der Waals surface area contributed by atoms with Crippen molar-refractivity contribution in [3.8, 4) is 0 Å². The summed E-state index contributed by atoms with van der Waals surface area (Å²) in [5.41, 5.74) is 2.03. The lowest BCUT2D eigenvalue weighted by atomic mass is 10.1. The first-order valence-electron chi connectivity index (χ1n) is 5.88. The number of rotatable bonds is 3. The van der Waals surface area contributed by atoms with Gasteiger partial charge in [-0.1, -0.05) is 0 Å². The summed E-state index contributed by atoms with van der Waals surface area (Å²) in [6.45, 7) is 3.39. The topological polar surface area (TPSA) is 44.1 Å². The number of aryl methyl sites for hydroxylation is 3. The molecule has 0 radical (unpaired) electrons. The van der Waals surface area contributed by atoms with Crippen LogP contribution in [0.25, 0.3) is 0 Å². The predicted molar refractivity (Wildman–Crippen MR) is 68.2 cm³/mol. The van der Waals surface area contributed by atoms with E-state index in [1.165, 1.54) is 12.1 Å². The summed E-state index contributed by atoms with van der Waals surface area (Å²) in [6.07, 6.45) is 3.27. The lowest BCUT2D eigenvalue weighted by molar-refractivity contribution is 0.0464. The number of ether oxygens (including phenoxy) is 1. The molecule has 2 aromatic rings. The van der Waals surface area contributed by atoms with Crippen molar-refractivity contribution < 1.29 is 13.9 Å². The van der Waals surface area contributed by atoms with Gasteiger partial charge in [-0.3, -0.25) is 0 Å². The number of carbonyl (C=O) groups is 1. The number of aromatic nitrogens is 2. The molecule has 19 heavy (non-hydrogen) atoms. The largest absolute Gasteiger partial charge is 0.456 e. The van der Waals surface area contributed by atoms with Gasteiger partial charge in [-0.05, 0) is 37.1 Å². The van der Waals surface area contributed by atoms with Gasteiger partial charge in [0.05, 0.1) is 23.8 Å². The van der Waals surface area contributed by atoms with E-state index in [0.29, 0.717) is 16.7 Å². The Labute approximate surface area is 110 Å². The van der Waals surface area contributed by atoms with E-state index in [4.69, 9.17) is 4.74 Å². The Morgan fingerprint density at radius 3 is 2.53 bits per heavy atom. The second-order valence-corrected chi connectivity index (χ2v) is 4.50. The molecule has 1 heterocycles. The van der Waals surface area contributed by atoms with Gasteiger partial charge < -0.3 is 9.30 Å². The van der Waals surface area contributed by atoms with Crippen molar-refractivity contribution in [3.63, 3.8) is 0 Å². The van der Waals surface area contributed by atoms with Crippen molar-refractivity contribution in [2.75, 3.05) is 0 Å². The van der Waals surface area contributed by atoms with Gasteiger partial charge in [-0.15, -0.1) is 0 Å². The summed E-state index contributed by atoms with van der Waals surface area (Å²) < 4.78 is 20.4. The highest BCUT2D eigenvalue weighted by Crippen LogP contribution is 2.16. The first-order valence-corrected chi connectivity index (χ1v) is 5.88. The highest BCUT2D eigenvalue weighted by molar-refractivity contribution is 5.89. The van der Waals surface area contributed by atoms with E-state index >= 15 is 0 Å². The molecule has 0 N–H and O–H groups in total. The Kier molecular flexibility index (Phi) is 3.64. The van der Waals surface area contributed by atoms with Crippen molar-refractivity contribution in [1.82, 2.24) is 9.55 Å². The van der Waals surface area contributed by atoms with Crippen LogP contribution in [0, 0.1) is 19.7 Å². The monoisotopic (exact) mass is 262 g/mol. The molecule has 0 atom stereocenters. The zero-order valence-electron chi connectivity index (χ0n) is 11.1. The van der Waals surface area contributed by atoms with Crippen LogP contribution < -0.4 is 0 Å². The number of hydrogen-bond acceptors (Lipinski definition) is 3. The van der Waals surface area contributed by atoms with Crippen LogP contribution in [0.2, 0.25) is 0 Å². The lowest BCUT2D eigenvalue weighted by Gasteiger charge is -2.08. The first-order chi connectivity index (χ1) is 8.99. The van der Waals surface area contributed by atoms with Gasteiger partial charge in [0.25, 0.3) is 0 Å². The van der Waals surface area contributed by atoms with Crippen LogP contribution in [0.3, 0.4) is 0 Å². The Balaban J connectivity index is 2.10. The van der Waals surface area contributed by atoms with Crippen molar-refractivity contribution in [1.29, 1.82) is 0 Å². The Bertz CT molecular complexity index is 597. The van der Waals surface area contributed by atoms with Gasteiger partial charge in [-0.2, -0.15) is 0 Å². The molecule has 0 saturated carbocycles. The number of nitrogens with zero attached hydrogens (tertiary/aromatic N) is 2. The smallest absolute Gasteiger partial charge is 0.338 e. The van der Waals surface area contributed by atoms with Crippen LogP contribution in [0.5, 0.6) is 0 Å². The molecule has 1 aromatic heterocycles. The summed E-state index contributed by atoms with van der Waals surface area (Å²) in [5.74, 6) is -0.754. The number of halogens is 1. The maximum Gasteiger partial charge on any atom is 0.338 e. The molecule has 2 rings (SSSR count). The second kappa shape index (κ2) is 5.22. The van der Waals surface area contributed by atoms with Crippen LogP contribution in [0.4, 0.5) is 4.39 Å². The molecule has 0 aliphatic rings. The minimum absolute atomic E-state index is 0.144. The third-order valence-electron chi connectivity index (χ3n) is 2.94. The molecule has 0 unspecified atom stereocenters. The van der Waals surface area contributed by atoms with Gasteiger partial charge >= 0.3 is 5.97 Å². The number of esters is 1. The van der Waals surface area contributed by atoms with Gasteiger partial charge in [0, 0.05) is 7.05 Å². The van der Waals surface area contributed by atoms with E-state index in [-0.39, 0.29) is 12.4 Å². The van der Waals surface area contributed by atoms with Gasteiger partial charge in [-0.25, -0.2) is 14.2 Å². The summed E-state index contributed by atoms with van der Waals surface area (Å²) in [4.78, 5) is 15.8. The van der Waals surface area contributed by atoms with Gasteiger partial charge in [0.2, 0.25) is 0 Å². The number of carbonyl (C=O) groups excluding carboxylic acids is 1. The molecule has 0 fully saturated rings. The molecular formula is C14H15FN2O2. The minimum atomic E-state index is -0.465. The fraction of sp³-hybridized carbons (Fsp3) is 0.286. The van der Waals surface area contributed by atoms with E-state index in [9.17, 15) is 9.18 Å². The van der Waals surface area contributed by atoms with E-state index < -0.39 is 5.97 Å². The van der Waals surface area contributed by atoms with Crippen molar-refractivity contribution in [2.24, 2.45) is 7.05 Å². The number of hydrogen-bond donors (Lipinski definition) is 0. The van der Waals surface area contributed by atoms with E-state index in [0.717, 1.165) is 5.69 Å². The van der Waals surface area contributed by atoms with Crippen molar-refractivity contribution in [3.05, 3.63) is 52.9 Å². The highest BCUT2D eigenvalue weighted by atomic mass is 19.1. The zero-order valence-corrected chi connectivity index (χ0v) is 11.1. The molecule has 5 heteroatoms. The lowest BCUT2D eigenvalue weighted by Crippen LogP contribution is -2.08. The molecule has 0 saturated heterocycles. The van der Waals surface area contributed by atoms with Crippen LogP contribution in [-0.4, -0.2) is 15.5 Å². The van der Waals surface area contributed by atoms with Gasteiger partial charge in [0.1, 0.15) is 12.4 Å². The van der Waals surface area contributed by atoms with Crippen LogP contribution in [0.15, 0.2) is 24.7 Å². The number of imidazole rings is 1. The predicted octanol–water partition coefficient (Wildman–Crippen LogP) is 2.53. The van der Waals surface area contributed by atoms with Gasteiger partial charge in [0.15, 0.2) is 0 Å². The quantitative estimate of drug-likeness (QED) is 0.798. The molecule has 0 spiro atoms. The van der Waals surface area contributed by atoms with Crippen LogP contribution >= 0.6 is 0 Å². The Hall–Kier alpha value is -2.17. The molecule has 0 amide bonds. The zero-order chi connectivity index (χ0) is 14.0. The minimum Gasteiger partial charge on any atom is -0.456 e. The average Bonchev–Trinajstić information content (AvgIpc) is 2.78. The maximum atomic E-state index is 13.5. The molecule has 1 aromatic carbocycles. The molecular weight excluding hydrogens is 247 g/mol. The van der Waals surface area contributed by atoms with Crippen molar-refractivity contribution >= 4 is 5.97 Å². The Morgan fingerprint density at radius 2 is 2.00 bits per heavy atom. The highest BCUT2D eigenvalue weighted by Gasteiger charge is 2.12. The number of benzene rings is 1. The summed E-state index contributed by atoms with van der Waals surface area (Å²) >= 11 is 0. The fourth-order valence-electron chi connectivity index (χ4n) is 1.81. The fourth-order valence-corrected chi connectivity index (χ4v) is 1.81. The first kappa shape index (κ1) is 13.3. The molecule has 0 aliphatic carbocycles. The third-order valence-corrected chi connectivity index (χ3v) is 2.94. The SMILES string of the molecule is Cc1cc(C(=O)OCc2cncn2C)cc(C)c1F.